The second-order valence-corrected chi connectivity index (χ2v) is 6.06. The maximum absolute atomic E-state index is 12.3. The third-order valence-corrected chi connectivity index (χ3v) is 4.22. The lowest BCUT2D eigenvalue weighted by atomic mass is 9.97. The van der Waals surface area contributed by atoms with Crippen molar-refractivity contribution >= 4 is 17.5 Å². The van der Waals surface area contributed by atoms with Crippen LogP contribution < -0.4 is 5.32 Å². The Morgan fingerprint density at radius 3 is 2.55 bits per heavy atom. The molecule has 116 valence electrons. The van der Waals surface area contributed by atoms with E-state index in [9.17, 15) is 4.79 Å². The SMILES string of the molecule is CC[C@@H](NC(=O)Cc1ccccc1Cl)c1ccc(C)cc1C. The highest BCUT2D eigenvalue weighted by Crippen LogP contribution is 2.22. The first kappa shape index (κ1) is 16.6. The molecule has 0 heterocycles. The van der Waals surface area contributed by atoms with Crippen LogP contribution in [0.3, 0.4) is 0 Å². The van der Waals surface area contributed by atoms with E-state index in [1.807, 2.05) is 24.3 Å². The monoisotopic (exact) mass is 315 g/mol. The average molecular weight is 316 g/mol. The molecular weight excluding hydrogens is 294 g/mol. The molecule has 2 nitrogen and oxygen atoms in total. The van der Waals surface area contributed by atoms with E-state index in [0.717, 1.165) is 12.0 Å². The zero-order valence-electron chi connectivity index (χ0n) is 13.3. The van der Waals surface area contributed by atoms with Gasteiger partial charge in [-0.05, 0) is 43.0 Å². The summed E-state index contributed by atoms with van der Waals surface area (Å²) in [5, 5.41) is 3.76. The number of benzene rings is 2. The molecule has 0 saturated carbocycles. The smallest absolute Gasteiger partial charge is 0.224 e. The van der Waals surface area contributed by atoms with E-state index in [0.29, 0.717) is 11.4 Å². The molecule has 0 radical (unpaired) electrons. The summed E-state index contributed by atoms with van der Waals surface area (Å²) in [6.07, 6.45) is 1.17. The Balaban J connectivity index is 2.10. The van der Waals surface area contributed by atoms with Gasteiger partial charge in [0, 0.05) is 5.02 Å². The first-order valence-electron chi connectivity index (χ1n) is 7.61. The molecule has 0 saturated heterocycles. The first-order chi connectivity index (χ1) is 10.5. The molecule has 0 aliphatic carbocycles. The fourth-order valence-electron chi connectivity index (χ4n) is 2.68. The van der Waals surface area contributed by atoms with Gasteiger partial charge in [-0.25, -0.2) is 0 Å². The minimum atomic E-state index is -0.0000694. The van der Waals surface area contributed by atoms with Crippen LogP contribution in [0, 0.1) is 13.8 Å². The molecule has 22 heavy (non-hydrogen) atoms. The lowest BCUT2D eigenvalue weighted by Crippen LogP contribution is -2.30. The fourth-order valence-corrected chi connectivity index (χ4v) is 2.88. The van der Waals surface area contributed by atoms with Gasteiger partial charge < -0.3 is 5.32 Å². The summed E-state index contributed by atoms with van der Waals surface area (Å²) in [7, 11) is 0. The lowest BCUT2D eigenvalue weighted by molar-refractivity contribution is -0.121. The van der Waals surface area contributed by atoms with Gasteiger partial charge in [0.15, 0.2) is 0 Å². The van der Waals surface area contributed by atoms with Crippen molar-refractivity contribution in [1.29, 1.82) is 0 Å². The quantitative estimate of drug-likeness (QED) is 0.846. The lowest BCUT2D eigenvalue weighted by Gasteiger charge is -2.20. The molecule has 0 aliphatic rings. The molecule has 0 unspecified atom stereocenters. The average Bonchev–Trinajstić information content (AvgIpc) is 2.48. The van der Waals surface area contributed by atoms with Crippen molar-refractivity contribution in [1.82, 2.24) is 5.32 Å². The Labute approximate surface area is 137 Å². The van der Waals surface area contributed by atoms with Crippen molar-refractivity contribution in [2.45, 2.75) is 39.7 Å². The minimum Gasteiger partial charge on any atom is -0.349 e. The predicted molar refractivity (Wildman–Crippen MR) is 92.2 cm³/mol. The van der Waals surface area contributed by atoms with Gasteiger partial charge in [0.05, 0.1) is 12.5 Å². The van der Waals surface area contributed by atoms with Gasteiger partial charge in [-0.3, -0.25) is 4.79 Å². The molecule has 1 N–H and O–H groups in total. The second kappa shape index (κ2) is 7.46. The number of carbonyl (C=O) groups excluding carboxylic acids is 1. The molecule has 2 rings (SSSR count). The number of amides is 1. The number of hydrogen-bond acceptors (Lipinski definition) is 1. The Morgan fingerprint density at radius 2 is 1.91 bits per heavy atom. The van der Waals surface area contributed by atoms with Crippen molar-refractivity contribution < 1.29 is 4.79 Å². The molecule has 2 aromatic rings. The highest BCUT2D eigenvalue weighted by molar-refractivity contribution is 6.31. The van der Waals surface area contributed by atoms with Crippen molar-refractivity contribution in [3.05, 3.63) is 69.7 Å². The molecular formula is C19H22ClNO. The van der Waals surface area contributed by atoms with E-state index in [2.05, 4.69) is 44.3 Å². The van der Waals surface area contributed by atoms with Crippen molar-refractivity contribution in [3.8, 4) is 0 Å². The molecule has 0 aliphatic heterocycles. The van der Waals surface area contributed by atoms with Gasteiger partial charge in [-0.15, -0.1) is 0 Å². The van der Waals surface area contributed by atoms with Crippen LogP contribution in [0.25, 0.3) is 0 Å². The van der Waals surface area contributed by atoms with Crippen LogP contribution in [0.2, 0.25) is 5.02 Å². The van der Waals surface area contributed by atoms with Crippen LogP contribution in [0.15, 0.2) is 42.5 Å². The largest absolute Gasteiger partial charge is 0.349 e. The van der Waals surface area contributed by atoms with E-state index < -0.39 is 0 Å². The Morgan fingerprint density at radius 1 is 1.18 bits per heavy atom. The molecule has 0 bridgehead atoms. The second-order valence-electron chi connectivity index (χ2n) is 5.66. The summed E-state index contributed by atoms with van der Waals surface area (Å²) >= 11 is 6.12. The van der Waals surface area contributed by atoms with Crippen molar-refractivity contribution in [3.63, 3.8) is 0 Å². The summed E-state index contributed by atoms with van der Waals surface area (Å²) in [4.78, 5) is 12.3. The molecule has 1 amide bonds. The van der Waals surface area contributed by atoms with Crippen LogP contribution in [0.5, 0.6) is 0 Å². The van der Waals surface area contributed by atoms with E-state index in [4.69, 9.17) is 11.6 Å². The number of carbonyl (C=O) groups is 1. The Hall–Kier alpha value is -1.80. The first-order valence-corrected chi connectivity index (χ1v) is 7.99. The van der Waals surface area contributed by atoms with Gasteiger partial charge in [-0.1, -0.05) is 60.5 Å². The molecule has 2 aromatic carbocycles. The number of halogens is 1. The zero-order valence-corrected chi connectivity index (χ0v) is 14.1. The standard InChI is InChI=1S/C19H22ClNO/c1-4-18(16-10-9-13(2)11-14(16)3)21-19(22)12-15-7-5-6-8-17(15)20/h5-11,18H,4,12H2,1-3H3,(H,21,22)/t18-/m1/s1. The van der Waals surface area contributed by atoms with Crippen molar-refractivity contribution in [2.75, 3.05) is 0 Å². The molecule has 0 aromatic heterocycles. The van der Waals surface area contributed by atoms with Gasteiger partial charge in [0.2, 0.25) is 5.91 Å². The van der Waals surface area contributed by atoms with E-state index in [1.54, 1.807) is 0 Å². The van der Waals surface area contributed by atoms with E-state index in [-0.39, 0.29) is 11.9 Å². The third-order valence-electron chi connectivity index (χ3n) is 3.85. The van der Waals surface area contributed by atoms with Gasteiger partial charge in [0.1, 0.15) is 0 Å². The Bertz CT molecular complexity index is 666. The molecule has 0 fully saturated rings. The van der Waals surface area contributed by atoms with Crippen LogP contribution in [-0.2, 0) is 11.2 Å². The van der Waals surface area contributed by atoms with Crippen LogP contribution in [0.4, 0.5) is 0 Å². The number of aryl methyl sites for hydroxylation is 2. The number of nitrogens with one attached hydrogen (secondary N) is 1. The minimum absolute atomic E-state index is 0.0000694. The predicted octanol–water partition coefficient (Wildman–Crippen LogP) is 4.77. The molecule has 0 spiro atoms. The highest BCUT2D eigenvalue weighted by Gasteiger charge is 2.15. The van der Waals surface area contributed by atoms with Gasteiger partial charge in [-0.2, -0.15) is 0 Å². The molecule has 3 heteroatoms. The summed E-state index contributed by atoms with van der Waals surface area (Å²) in [6, 6.07) is 13.9. The topological polar surface area (TPSA) is 29.1 Å². The van der Waals surface area contributed by atoms with Gasteiger partial charge >= 0.3 is 0 Å². The highest BCUT2D eigenvalue weighted by atomic mass is 35.5. The van der Waals surface area contributed by atoms with Crippen LogP contribution in [-0.4, -0.2) is 5.91 Å². The fraction of sp³-hybridized carbons (Fsp3) is 0.316. The maximum Gasteiger partial charge on any atom is 0.224 e. The normalized spacial score (nSPS) is 12.0. The Kier molecular flexibility index (Phi) is 5.62. The van der Waals surface area contributed by atoms with Crippen LogP contribution in [0.1, 0.15) is 41.6 Å². The van der Waals surface area contributed by atoms with Crippen molar-refractivity contribution in [2.24, 2.45) is 0 Å². The summed E-state index contributed by atoms with van der Waals surface area (Å²) in [5.41, 5.74) is 4.49. The van der Waals surface area contributed by atoms with Crippen LogP contribution >= 0.6 is 11.6 Å². The summed E-state index contributed by atoms with van der Waals surface area (Å²) < 4.78 is 0. The van der Waals surface area contributed by atoms with E-state index >= 15 is 0 Å². The van der Waals surface area contributed by atoms with E-state index in [1.165, 1.54) is 16.7 Å². The van der Waals surface area contributed by atoms with Gasteiger partial charge in [0.25, 0.3) is 0 Å². The number of hydrogen-bond donors (Lipinski definition) is 1. The zero-order chi connectivity index (χ0) is 16.1. The molecule has 1 atom stereocenters. The summed E-state index contributed by atoms with van der Waals surface area (Å²) in [5.74, 6) is -0.0000694. The summed E-state index contributed by atoms with van der Waals surface area (Å²) in [6.45, 7) is 6.25. The third kappa shape index (κ3) is 4.11. The maximum atomic E-state index is 12.3. The number of rotatable bonds is 5.